The molecule has 2 aliphatic rings. The molecule has 4 nitrogen and oxygen atoms in total. The van der Waals surface area contributed by atoms with Crippen LogP contribution in [0.2, 0.25) is 5.02 Å². The molecule has 31 heavy (non-hydrogen) atoms. The zero-order valence-electron chi connectivity index (χ0n) is 17.3. The molecule has 0 spiro atoms. The number of hydrogen-bond acceptors (Lipinski definition) is 4. The Bertz CT molecular complexity index is 1060. The molecule has 0 N–H and O–H groups in total. The van der Waals surface area contributed by atoms with Crippen molar-refractivity contribution in [3.8, 4) is 11.5 Å². The van der Waals surface area contributed by atoms with Crippen LogP contribution in [0.5, 0.6) is 11.5 Å². The van der Waals surface area contributed by atoms with Gasteiger partial charge in [-0.2, -0.15) is 0 Å². The highest BCUT2D eigenvalue weighted by molar-refractivity contribution is 6.31. The number of hydrogen-bond donors (Lipinski definition) is 0. The highest BCUT2D eigenvalue weighted by Gasteiger charge is 2.28. The number of piperidine rings is 1. The maximum Gasteiger partial charge on any atom is 0.231 e. The highest BCUT2D eigenvalue weighted by atomic mass is 35.5. The van der Waals surface area contributed by atoms with E-state index in [1.807, 2.05) is 36.5 Å². The fraction of sp³-hybridized carbons (Fsp3) is 0.269. The van der Waals surface area contributed by atoms with Gasteiger partial charge in [0, 0.05) is 24.3 Å². The molecule has 158 valence electrons. The molecular weight excluding hydrogens is 408 g/mol. The van der Waals surface area contributed by atoms with Crippen LogP contribution in [0, 0.1) is 0 Å². The molecule has 3 aromatic carbocycles. The zero-order chi connectivity index (χ0) is 21.0. The van der Waals surface area contributed by atoms with Gasteiger partial charge in [-0.25, -0.2) is 0 Å². The van der Waals surface area contributed by atoms with E-state index in [4.69, 9.17) is 26.1 Å². The van der Waals surface area contributed by atoms with Gasteiger partial charge in [-0.1, -0.05) is 60.1 Å². The number of likely N-dealkylation sites (tertiary alicyclic amines) is 1. The average molecular weight is 433 g/mol. The molecule has 1 unspecified atom stereocenters. The smallest absolute Gasteiger partial charge is 0.231 e. The Morgan fingerprint density at radius 1 is 0.903 bits per heavy atom. The lowest BCUT2D eigenvalue weighted by atomic mass is 9.94. The Labute approximate surface area is 188 Å². The molecule has 5 heteroatoms. The summed E-state index contributed by atoms with van der Waals surface area (Å²) >= 11 is 6.61. The minimum atomic E-state index is 0.161. The van der Waals surface area contributed by atoms with Crippen molar-refractivity contribution in [1.29, 1.82) is 0 Å². The minimum absolute atomic E-state index is 0.161. The molecule has 5 rings (SSSR count). The predicted octanol–water partition coefficient (Wildman–Crippen LogP) is 5.74. The largest absolute Gasteiger partial charge is 0.454 e. The minimum Gasteiger partial charge on any atom is -0.454 e. The third-order valence-corrected chi connectivity index (χ3v) is 6.35. The van der Waals surface area contributed by atoms with E-state index in [0.29, 0.717) is 12.8 Å². The van der Waals surface area contributed by atoms with Gasteiger partial charge in [0.25, 0.3) is 0 Å². The van der Waals surface area contributed by atoms with E-state index in [-0.39, 0.29) is 6.04 Å². The summed E-state index contributed by atoms with van der Waals surface area (Å²) in [7, 11) is 0. The third-order valence-electron chi connectivity index (χ3n) is 6.01. The summed E-state index contributed by atoms with van der Waals surface area (Å²) < 4.78 is 10.8. The third kappa shape index (κ3) is 4.46. The van der Waals surface area contributed by atoms with E-state index in [0.717, 1.165) is 53.6 Å². The lowest BCUT2D eigenvalue weighted by Crippen LogP contribution is -2.38. The first-order valence-electron chi connectivity index (χ1n) is 10.7. The lowest BCUT2D eigenvalue weighted by Gasteiger charge is -2.37. The Balaban J connectivity index is 1.29. The van der Waals surface area contributed by atoms with Crippen molar-refractivity contribution in [3.05, 3.63) is 94.5 Å². The summed E-state index contributed by atoms with van der Waals surface area (Å²) in [4.78, 5) is 7.39. The molecular formula is C26H25ClN2O2. The van der Waals surface area contributed by atoms with E-state index < -0.39 is 0 Å². The first-order valence-corrected chi connectivity index (χ1v) is 11.1. The molecule has 0 bridgehead atoms. The van der Waals surface area contributed by atoms with Gasteiger partial charge in [0.15, 0.2) is 11.5 Å². The number of aliphatic imine (C=N–C) groups is 1. The Morgan fingerprint density at radius 2 is 1.65 bits per heavy atom. The topological polar surface area (TPSA) is 34.1 Å². The second-order valence-corrected chi connectivity index (χ2v) is 8.40. The molecule has 2 aliphatic heterocycles. The van der Waals surface area contributed by atoms with Gasteiger partial charge in [-0.05, 0) is 53.8 Å². The molecule has 2 heterocycles. The second-order valence-electron chi connectivity index (χ2n) is 7.99. The van der Waals surface area contributed by atoms with E-state index in [9.17, 15) is 0 Å². The van der Waals surface area contributed by atoms with E-state index in [1.54, 1.807) is 0 Å². The molecule has 0 aliphatic carbocycles. The van der Waals surface area contributed by atoms with Gasteiger partial charge in [-0.15, -0.1) is 0 Å². The molecule has 1 fully saturated rings. The van der Waals surface area contributed by atoms with Crippen LogP contribution in [0.1, 0.15) is 35.6 Å². The standard InChI is InChI=1S/C26H25ClN2O2/c27-23-9-5-4-8-22(23)26(20-6-2-1-3-7-20)29-14-12-21(13-15-29)28-17-19-10-11-24-25(16-19)31-18-30-24/h1-11,16-17,21,26H,12-15,18H2. The number of rotatable bonds is 5. The maximum atomic E-state index is 6.61. The normalized spacial score (nSPS) is 17.8. The van der Waals surface area contributed by atoms with Crippen molar-refractivity contribution in [1.82, 2.24) is 4.90 Å². The quantitative estimate of drug-likeness (QED) is 0.482. The Kier molecular flexibility index (Phi) is 5.92. The summed E-state index contributed by atoms with van der Waals surface area (Å²) in [6, 6.07) is 25.3. The number of halogens is 1. The van der Waals surface area contributed by atoms with Crippen LogP contribution in [0.4, 0.5) is 0 Å². The van der Waals surface area contributed by atoms with Crippen molar-refractivity contribution in [2.45, 2.75) is 24.9 Å². The van der Waals surface area contributed by atoms with Crippen LogP contribution in [-0.2, 0) is 0 Å². The highest BCUT2D eigenvalue weighted by Crippen LogP contribution is 2.35. The average Bonchev–Trinajstić information content (AvgIpc) is 3.29. The first kappa shape index (κ1) is 20.1. The van der Waals surface area contributed by atoms with E-state index >= 15 is 0 Å². The van der Waals surface area contributed by atoms with Crippen molar-refractivity contribution in [3.63, 3.8) is 0 Å². The van der Waals surface area contributed by atoms with E-state index in [1.165, 1.54) is 5.56 Å². The SMILES string of the molecule is Clc1ccccc1C(c1ccccc1)N1CCC(N=Cc2ccc3c(c2)OCO3)CC1. The molecule has 0 saturated carbocycles. The molecule has 1 saturated heterocycles. The molecule has 0 aromatic heterocycles. The fourth-order valence-electron chi connectivity index (χ4n) is 4.40. The summed E-state index contributed by atoms with van der Waals surface area (Å²) in [6.07, 6.45) is 4.01. The van der Waals surface area contributed by atoms with Gasteiger partial charge in [0.1, 0.15) is 0 Å². The van der Waals surface area contributed by atoms with E-state index in [2.05, 4.69) is 47.4 Å². The van der Waals surface area contributed by atoms with Crippen molar-refractivity contribution < 1.29 is 9.47 Å². The molecule has 3 aromatic rings. The number of fused-ring (bicyclic) bond motifs is 1. The molecule has 0 amide bonds. The fourth-order valence-corrected chi connectivity index (χ4v) is 4.64. The van der Waals surface area contributed by atoms with Crippen LogP contribution < -0.4 is 9.47 Å². The first-order chi connectivity index (χ1) is 15.3. The van der Waals surface area contributed by atoms with Crippen molar-refractivity contribution in [2.24, 2.45) is 4.99 Å². The van der Waals surface area contributed by atoms with Gasteiger partial charge >= 0.3 is 0 Å². The molecule has 1 atom stereocenters. The molecule has 0 radical (unpaired) electrons. The van der Waals surface area contributed by atoms with Crippen LogP contribution >= 0.6 is 11.6 Å². The van der Waals surface area contributed by atoms with Crippen LogP contribution in [0.15, 0.2) is 77.8 Å². The second kappa shape index (κ2) is 9.13. The predicted molar refractivity (Wildman–Crippen MR) is 124 cm³/mol. The number of benzene rings is 3. The zero-order valence-corrected chi connectivity index (χ0v) is 18.0. The Hall–Kier alpha value is -2.82. The van der Waals surface area contributed by atoms with Gasteiger partial charge in [0.05, 0.1) is 12.1 Å². The van der Waals surface area contributed by atoms with Crippen molar-refractivity contribution >= 4 is 17.8 Å². The number of nitrogens with zero attached hydrogens (tertiary/aromatic N) is 2. The van der Waals surface area contributed by atoms with Crippen LogP contribution in [-0.4, -0.2) is 37.0 Å². The van der Waals surface area contributed by atoms with Gasteiger partial charge < -0.3 is 9.47 Å². The van der Waals surface area contributed by atoms with Gasteiger partial charge in [-0.3, -0.25) is 9.89 Å². The summed E-state index contributed by atoms with van der Waals surface area (Å²) in [5.74, 6) is 1.60. The van der Waals surface area contributed by atoms with Gasteiger partial charge in [0.2, 0.25) is 6.79 Å². The summed E-state index contributed by atoms with van der Waals surface area (Å²) in [6.45, 7) is 2.25. The van der Waals surface area contributed by atoms with Crippen LogP contribution in [0.3, 0.4) is 0 Å². The van der Waals surface area contributed by atoms with Crippen LogP contribution in [0.25, 0.3) is 0 Å². The summed E-state index contributed by atoms with van der Waals surface area (Å²) in [5, 5.41) is 0.819. The van der Waals surface area contributed by atoms with Crippen molar-refractivity contribution in [2.75, 3.05) is 19.9 Å². The monoisotopic (exact) mass is 432 g/mol. The Morgan fingerprint density at radius 3 is 2.45 bits per heavy atom. The lowest BCUT2D eigenvalue weighted by molar-refractivity contribution is 0.174. The number of ether oxygens (including phenoxy) is 2. The summed E-state index contributed by atoms with van der Waals surface area (Å²) in [5.41, 5.74) is 3.49. The maximum absolute atomic E-state index is 6.61.